The summed E-state index contributed by atoms with van der Waals surface area (Å²) < 4.78 is 15.3. The number of hydrogen-bond donors (Lipinski definition) is 0. The average molecular weight is 495 g/mol. The Morgan fingerprint density at radius 3 is 2.62 bits per heavy atom. The van der Waals surface area contributed by atoms with Gasteiger partial charge in [0, 0.05) is 11.6 Å². The van der Waals surface area contributed by atoms with Gasteiger partial charge in [0.2, 0.25) is 0 Å². The SMILES string of the molecule is COc1ccc(C(=O)CSc2cc(=[N+]3CCOCC3)ss2)cc1.[I-]. The number of halogens is 1. The molecule has 1 saturated heterocycles. The van der Waals surface area contributed by atoms with Crippen molar-refractivity contribution in [2.45, 2.75) is 4.21 Å². The van der Waals surface area contributed by atoms with Crippen molar-refractivity contribution in [1.82, 2.24) is 4.58 Å². The number of thioether (sulfide) groups is 1. The smallest absolute Gasteiger partial charge is 0.268 e. The highest BCUT2D eigenvalue weighted by atomic mass is 127. The number of rotatable bonds is 5. The first-order valence-corrected chi connectivity index (χ1v) is 10.5. The lowest BCUT2D eigenvalue weighted by molar-refractivity contribution is -0.0000134. The van der Waals surface area contributed by atoms with Crippen LogP contribution in [0.15, 0.2) is 34.5 Å². The summed E-state index contributed by atoms with van der Waals surface area (Å²) in [5.74, 6) is 1.37. The molecule has 0 bridgehead atoms. The predicted molar refractivity (Wildman–Crippen MR) is 96.1 cm³/mol. The van der Waals surface area contributed by atoms with Crippen molar-refractivity contribution < 1.29 is 38.2 Å². The van der Waals surface area contributed by atoms with Gasteiger partial charge in [0.15, 0.2) is 18.9 Å². The summed E-state index contributed by atoms with van der Waals surface area (Å²) >= 11 is 1.61. The van der Waals surface area contributed by atoms with E-state index in [1.54, 1.807) is 39.6 Å². The third-order valence-corrected chi connectivity index (χ3v) is 7.47. The third kappa shape index (κ3) is 5.29. The van der Waals surface area contributed by atoms with Crippen molar-refractivity contribution in [1.29, 1.82) is 0 Å². The maximum atomic E-state index is 12.2. The van der Waals surface area contributed by atoms with Crippen LogP contribution in [0.2, 0.25) is 0 Å². The van der Waals surface area contributed by atoms with Gasteiger partial charge in [-0.3, -0.25) is 4.79 Å². The summed E-state index contributed by atoms with van der Waals surface area (Å²) in [6.07, 6.45) is 0. The summed E-state index contributed by atoms with van der Waals surface area (Å²) in [6, 6.07) is 9.46. The molecule has 0 aliphatic carbocycles. The van der Waals surface area contributed by atoms with E-state index in [4.69, 9.17) is 9.47 Å². The molecule has 1 aromatic carbocycles. The van der Waals surface area contributed by atoms with E-state index in [1.165, 1.54) is 8.88 Å². The van der Waals surface area contributed by atoms with Gasteiger partial charge >= 0.3 is 0 Å². The van der Waals surface area contributed by atoms with Crippen LogP contribution in [0.4, 0.5) is 0 Å². The molecule has 130 valence electrons. The van der Waals surface area contributed by atoms with Gasteiger partial charge in [-0.2, -0.15) is 0 Å². The summed E-state index contributed by atoms with van der Waals surface area (Å²) in [5.41, 5.74) is 0.729. The zero-order chi connectivity index (χ0) is 16.1. The minimum Gasteiger partial charge on any atom is -1.00 e. The van der Waals surface area contributed by atoms with Gasteiger partial charge in [-0.05, 0) is 34.6 Å². The number of ketones is 1. The van der Waals surface area contributed by atoms with E-state index in [-0.39, 0.29) is 29.8 Å². The fraction of sp³-hybridized carbons (Fsp3) is 0.375. The van der Waals surface area contributed by atoms with Crippen LogP contribution in [0, 0.1) is 0 Å². The summed E-state index contributed by atoms with van der Waals surface area (Å²) in [6.45, 7) is 3.48. The summed E-state index contributed by atoms with van der Waals surface area (Å²) in [5, 5.41) is 0. The first-order valence-electron chi connectivity index (χ1n) is 7.32. The van der Waals surface area contributed by atoms with E-state index >= 15 is 0 Å². The number of methoxy groups -OCH3 is 1. The zero-order valence-electron chi connectivity index (χ0n) is 13.2. The molecule has 1 aliphatic rings. The zero-order valence-corrected chi connectivity index (χ0v) is 17.8. The maximum Gasteiger partial charge on any atom is 0.268 e. The Morgan fingerprint density at radius 1 is 1.25 bits per heavy atom. The number of carbonyl (C=O) groups is 1. The third-order valence-electron chi connectivity index (χ3n) is 3.53. The molecule has 2 aromatic rings. The van der Waals surface area contributed by atoms with Crippen LogP contribution < -0.4 is 38.0 Å². The van der Waals surface area contributed by atoms with Crippen LogP contribution in [-0.4, -0.2) is 44.9 Å². The molecule has 24 heavy (non-hydrogen) atoms. The van der Waals surface area contributed by atoms with Crippen molar-refractivity contribution in [3.05, 3.63) is 40.6 Å². The molecule has 3 rings (SSSR count). The van der Waals surface area contributed by atoms with Crippen LogP contribution in [0.3, 0.4) is 0 Å². The van der Waals surface area contributed by atoms with Gasteiger partial charge in [0.05, 0.1) is 17.1 Å². The monoisotopic (exact) mass is 495 g/mol. The van der Waals surface area contributed by atoms with Gasteiger partial charge in [-0.1, -0.05) is 10.3 Å². The Hall–Kier alpha value is -0.420. The molecule has 8 heteroatoms. The second-order valence-corrected chi connectivity index (χ2v) is 8.48. The van der Waals surface area contributed by atoms with Crippen LogP contribution in [0.5, 0.6) is 5.75 Å². The highest BCUT2D eigenvalue weighted by molar-refractivity contribution is 8.03. The fourth-order valence-electron chi connectivity index (χ4n) is 2.22. The molecule has 0 radical (unpaired) electrons. The molecule has 2 heterocycles. The molecule has 0 saturated carbocycles. The molecule has 0 unspecified atom stereocenters. The van der Waals surface area contributed by atoms with E-state index in [1.807, 2.05) is 24.3 Å². The van der Waals surface area contributed by atoms with Crippen molar-refractivity contribution in [3.63, 3.8) is 0 Å². The van der Waals surface area contributed by atoms with Gasteiger partial charge in [0.1, 0.15) is 19.0 Å². The number of Topliss-reactive ketones (excluding diaryl/α,β-unsaturated/α-hetero) is 1. The number of nitrogens with zero attached hydrogens (tertiary/aromatic N) is 1. The summed E-state index contributed by atoms with van der Waals surface area (Å²) in [4.78, 5) is 12.2. The fourth-order valence-corrected chi connectivity index (χ4v) is 6.00. The number of ether oxygens (including phenoxy) is 2. The van der Waals surface area contributed by atoms with Crippen molar-refractivity contribution in [2.75, 3.05) is 39.2 Å². The Kier molecular flexibility index (Phi) is 8.21. The summed E-state index contributed by atoms with van der Waals surface area (Å²) in [7, 11) is 5.13. The predicted octanol–water partition coefficient (Wildman–Crippen LogP) is -0.400. The normalized spacial score (nSPS) is 14.1. The average Bonchev–Trinajstić information content (AvgIpc) is 3.09. The molecular weight excluding hydrogens is 477 g/mol. The van der Waals surface area contributed by atoms with E-state index in [2.05, 4.69) is 10.6 Å². The second-order valence-electron chi connectivity index (χ2n) is 5.01. The number of morpholine rings is 1. The van der Waals surface area contributed by atoms with E-state index in [0.717, 1.165) is 37.6 Å². The van der Waals surface area contributed by atoms with Crippen LogP contribution in [-0.2, 0) is 4.74 Å². The Labute approximate surface area is 169 Å². The lowest BCUT2D eigenvalue weighted by atomic mass is 10.1. The van der Waals surface area contributed by atoms with Gasteiger partial charge < -0.3 is 33.5 Å². The van der Waals surface area contributed by atoms with E-state index in [0.29, 0.717) is 5.75 Å². The van der Waals surface area contributed by atoms with Gasteiger partial charge in [0.25, 0.3) is 4.67 Å². The van der Waals surface area contributed by atoms with Gasteiger partial charge in [-0.15, -0.1) is 11.8 Å². The molecule has 0 N–H and O–H groups in total. The highest BCUT2D eigenvalue weighted by Crippen LogP contribution is 2.25. The van der Waals surface area contributed by atoms with Gasteiger partial charge in [-0.25, -0.2) is 4.58 Å². The first kappa shape index (κ1) is 19.9. The number of hydrogen-bond acceptors (Lipinski definition) is 6. The lowest BCUT2D eigenvalue weighted by Crippen LogP contribution is -3.00. The van der Waals surface area contributed by atoms with Crippen LogP contribution >= 0.6 is 32.4 Å². The molecule has 1 fully saturated rings. The largest absolute Gasteiger partial charge is 1.00 e. The quantitative estimate of drug-likeness (QED) is 0.186. The van der Waals surface area contributed by atoms with Crippen molar-refractivity contribution >= 4 is 38.2 Å². The molecule has 1 aliphatic heterocycles. The minimum absolute atomic E-state index is 0. The molecule has 0 amide bonds. The lowest BCUT2D eigenvalue weighted by Gasteiger charge is -2.09. The first-order chi connectivity index (χ1) is 11.3. The standard InChI is InChI=1S/C16H18NO3S3.HI/c1-19-13-4-2-12(3-5-13)14(18)11-21-16-10-15(22-23-16)17-6-8-20-9-7-17;/h2-5,10H,6-9,11H2,1H3;1H/q+1;/p-1. The van der Waals surface area contributed by atoms with Crippen molar-refractivity contribution in [2.24, 2.45) is 0 Å². The molecule has 4 nitrogen and oxygen atoms in total. The van der Waals surface area contributed by atoms with Crippen LogP contribution in [0.25, 0.3) is 0 Å². The van der Waals surface area contributed by atoms with E-state index < -0.39 is 0 Å². The van der Waals surface area contributed by atoms with E-state index in [9.17, 15) is 4.79 Å². The Morgan fingerprint density at radius 2 is 1.96 bits per heavy atom. The topological polar surface area (TPSA) is 38.5 Å². The molecule has 0 atom stereocenters. The second kappa shape index (κ2) is 9.91. The number of benzene rings is 1. The number of carbonyl (C=O) groups excluding carboxylic acids is 1. The Bertz CT molecular complexity index is 732. The Balaban J connectivity index is 0.00000208. The highest BCUT2D eigenvalue weighted by Gasteiger charge is 2.14. The molecule has 0 spiro atoms. The minimum atomic E-state index is 0. The van der Waals surface area contributed by atoms with Crippen molar-refractivity contribution in [3.8, 4) is 5.75 Å². The molecular formula is C16H18INO3S3. The van der Waals surface area contributed by atoms with Crippen LogP contribution in [0.1, 0.15) is 10.4 Å². The maximum absolute atomic E-state index is 12.2. The molecule has 1 aromatic heterocycles.